The van der Waals surface area contributed by atoms with Crippen molar-refractivity contribution >= 4 is 70.2 Å². The summed E-state index contributed by atoms with van der Waals surface area (Å²) in [4.78, 5) is 93.5. The number of hydrazine groups is 1. The van der Waals surface area contributed by atoms with Gasteiger partial charge in [-0.2, -0.15) is 24.9 Å². The molecule has 0 bridgehead atoms. The Labute approximate surface area is 457 Å². The first-order valence-electron chi connectivity index (χ1n) is 25.7. The number of halogens is 3. The molecule has 27 heteroatoms. The second-order valence-corrected chi connectivity index (χ2v) is 21.1. The van der Waals surface area contributed by atoms with Gasteiger partial charge in [-0.3, -0.25) is 34.1 Å². The highest BCUT2D eigenvalue weighted by atomic mass is 32.2. The molecule has 0 saturated carbocycles. The van der Waals surface area contributed by atoms with Crippen LogP contribution in [0.15, 0.2) is 66.9 Å². The van der Waals surface area contributed by atoms with E-state index in [1.54, 1.807) is 24.1 Å². The lowest BCUT2D eigenvalue weighted by molar-refractivity contribution is -0.165. The molecule has 2 aromatic carbocycles. The Morgan fingerprint density at radius 3 is 2.19 bits per heavy atom. The third kappa shape index (κ3) is 17.9. The van der Waals surface area contributed by atoms with Crippen molar-refractivity contribution in [3.63, 3.8) is 0 Å². The van der Waals surface area contributed by atoms with Gasteiger partial charge in [0.15, 0.2) is 0 Å². The van der Waals surface area contributed by atoms with Gasteiger partial charge in [0.05, 0.1) is 56.7 Å². The highest BCUT2D eigenvalue weighted by Gasteiger charge is 2.65. The lowest BCUT2D eigenvalue weighted by Gasteiger charge is -2.20. The number of ether oxygens (including phenoxy) is 5. The number of nitrogens with zero attached hydrogens (tertiary/aromatic N) is 2. The average Bonchev–Trinajstić information content (AvgIpc) is 4.13. The van der Waals surface area contributed by atoms with E-state index in [2.05, 4.69) is 47.7 Å². The van der Waals surface area contributed by atoms with Crippen LogP contribution in [0.2, 0.25) is 0 Å². The lowest BCUT2D eigenvalue weighted by atomic mass is 10.0. The van der Waals surface area contributed by atoms with Gasteiger partial charge in [-0.1, -0.05) is 42.4 Å². The smallest absolute Gasteiger partial charge is 0.426 e. The maximum Gasteiger partial charge on any atom is 0.426 e. The quantitative estimate of drug-likeness (QED) is 0.0188. The molecule has 4 aliphatic rings. The summed E-state index contributed by atoms with van der Waals surface area (Å²) in [6.45, 7) is 3.26. The number of nitrogens with one attached hydrogen (secondary N) is 8. The number of carbonyl (C=O) groups excluding carboxylic acids is 7. The highest BCUT2D eigenvalue weighted by molar-refractivity contribution is 8.15. The topological polar surface area (TPSA) is 298 Å². The number of thioether (sulfide) groups is 2. The van der Waals surface area contributed by atoms with Crippen LogP contribution in [0.5, 0.6) is 11.5 Å². The third-order valence-corrected chi connectivity index (χ3v) is 15.4. The number of imide groups is 1. The minimum Gasteiger partial charge on any atom is -0.492 e. The first-order chi connectivity index (χ1) is 37.6. The van der Waals surface area contributed by atoms with Gasteiger partial charge in [-0.25, -0.2) is 20.6 Å². The molecule has 5 atom stereocenters. The van der Waals surface area contributed by atoms with Gasteiger partial charge in [-0.15, -0.1) is 0 Å². The standard InChI is InChI=1S/C51H65F3N10O12S2/c1-64(20-23-75-35-14-8-32(9-15-35)28-40-47(69)61-49(71)78-40)41-29-36(16-19-55-41)76-43(66)30-37(58-45(67)33-10-12-34(13-11-33)50(62-63-50)51(52,53)54)46(68)57-18-5-22-73-25-27-74-26-24-72-21-4-17-56-42(65)7-3-2-6-39-44-38(31-77-39)59-48(70)60-44/h8-16,19,29,37-40,44,62-63H,2-7,17-18,20-28,30-31H2,1H3,(H,56,65)(H,57,68)(H,58,67)(H2,59,60,70)(H,61,69,71)/t37-,38+,39+,40?,44+/m1/s1. The predicted octanol–water partition coefficient (Wildman–Crippen LogP) is 3.20. The van der Waals surface area contributed by atoms with Gasteiger partial charge >= 0.3 is 18.2 Å². The molecule has 1 aromatic heterocycles. The van der Waals surface area contributed by atoms with Crippen molar-refractivity contribution in [2.45, 2.75) is 91.8 Å². The molecule has 4 aliphatic heterocycles. The normalized spacial score (nSPS) is 19.5. The van der Waals surface area contributed by atoms with Gasteiger partial charge in [0.25, 0.3) is 11.1 Å². The summed E-state index contributed by atoms with van der Waals surface area (Å²) in [7, 11) is 1.76. The summed E-state index contributed by atoms with van der Waals surface area (Å²) >= 11 is 2.83. The van der Waals surface area contributed by atoms with E-state index >= 15 is 0 Å². The first kappa shape index (κ1) is 59.4. The van der Waals surface area contributed by atoms with Gasteiger partial charge in [0, 0.05) is 68.6 Å². The van der Waals surface area contributed by atoms with Crippen LogP contribution in [0.1, 0.15) is 66.4 Å². The minimum absolute atomic E-state index is 0.0116. The van der Waals surface area contributed by atoms with Crippen molar-refractivity contribution < 1.29 is 70.4 Å². The van der Waals surface area contributed by atoms with Crippen LogP contribution in [0.25, 0.3) is 0 Å². The molecule has 4 fully saturated rings. The van der Waals surface area contributed by atoms with Crippen molar-refractivity contribution in [3.8, 4) is 11.5 Å². The van der Waals surface area contributed by atoms with Crippen LogP contribution in [0, 0.1) is 0 Å². The molecule has 78 heavy (non-hydrogen) atoms. The number of pyridine rings is 1. The average molecular weight is 1130 g/mol. The number of urea groups is 1. The SMILES string of the molecule is CN(CCOc1ccc(CC2SC(=O)NC2=O)cc1)c1cc(OC(=O)C[C@@H](NC(=O)c2ccc(C3(C(F)(F)F)NN3)cc2)C(=O)NCCCOCCOCCOCCCNC(=O)CCCC[C@@H]2SC[C@@H]3NC(=O)N[C@@H]32)ccn1. The Kier molecular flexibility index (Phi) is 22.2. The Morgan fingerprint density at radius 1 is 0.833 bits per heavy atom. The number of hydrogen-bond acceptors (Lipinski definition) is 18. The fourth-order valence-corrected chi connectivity index (χ4v) is 10.9. The monoisotopic (exact) mass is 1130 g/mol. The summed E-state index contributed by atoms with van der Waals surface area (Å²) in [5, 5.41) is 15.9. The van der Waals surface area contributed by atoms with Gasteiger partial charge in [0.2, 0.25) is 23.4 Å². The van der Waals surface area contributed by atoms with E-state index in [0.717, 1.165) is 54.5 Å². The molecule has 4 saturated heterocycles. The van der Waals surface area contributed by atoms with E-state index in [9.17, 15) is 46.7 Å². The number of carbonyl (C=O) groups is 7. The first-order valence-corrected chi connectivity index (χ1v) is 27.6. The van der Waals surface area contributed by atoms with Gasteiger partial charge in [-0.05, 0) is 73.6 Å². The van der Waals surface area contributed by atoms with E-state index in [-0.39, 0.29) is 78.4 Å². The maximum absolute atomic E-state index is 13.6. The van der Waals surface area contributed by atoms with Crippen LogP contribution < -0.4 is 57.1 Å². The highest BCUT2D eigenvalue weighted by Crippen LogP contribution is 2.42. The summed E-state index contributed by atoms with van der Waals surface area (Å²) in [5.41, 5.74) is 2.40. The molecule has 8 N–H and O–H groups in total. The Balaban J connectivity index is 0.771. The number of likely N-dealkylation sites (N-methyl/N-ethyl adjacent to an activating group) is 1. The van der Waals surface area contributed by atoms with Crippen LogP contribution in [0.3, 0.4) is 0 Å². The second kappa shape index (κ2) is 29.1. The number of esters is 1. The molecule has 22 nitrogen and oxygen atoms in total. The Hall–Kier alpha value is -6.23. The van der Waals surface area contributed by atoms with E-state index in [0.29, 0.717) is 82.0 Å². The van der Waals surface area contributed by atoms with Crippen LogP contribution in [-0.2, 0) is 45.5 Å². The summed E-state index contributed by atoms with van der Waals surface area (Å²) in [5.74, 6) is -0.659. The van der Waals surface area contributed by atoms with Crippen molar-refractivity contribution in [1.29, 1.82) is 0 Å². The summed E-state index contributed by atoms with van der Waals surface area (Å²) in [6.07, 6.45) is 0.746. The minimum atomic E-state index is -4.66. The van der Waals surface area contributed by atoms with E-state index in [1.807, 2.05) is 23.9 Å². The van der Waals surface area contributed by atoms with Crippen molar-refractivity contribution in [2.75, 3.05) is 83.6 Å². The number of hydrogen-bond donors (Lipinski definition) is 8. The second-order valence-electron chi connectivity index (χ2n) is 18.7. The largest absolute Gasteiger partial charge is 0.492 e. The molecular formula is C51H65F3N10O12S2. The molecule has 1 unspecified atom stereocenters. The molecule has 0 spiro atoms. The Bertz CT molecular complexity index is 2530. The van der Waals surface area contributed by atoms with Crippen molar-refractivity contribution in [2.24, 2.45) is 0 Å². The number of alkyl halides is 3. The number of amides is 7. The number of anilines is 1. The van der Waals surface area contributed by atoms with Gasteiger partial charge < -0.3 is 55.2 Å². The van der Waals surface area contributed by atoms with Crippen molar-refractivity contribution in [1.82, 2.24) is 47.7 Å². The fraction of sp³-hybridized carbons (Fsp3) is 0.529. The number of unbranched alkanes of at least 4 members (excludes halogenated alkanes) is 1. The van der Waals surface area contributed by atoms with E-state index in [1.165, 1.54) is 30.5 Å². The van der Waals surface area contributed by atoms with E-state index in [4.69, 9.17) is 23.7 Å². The van der Waals surface area contributed by atoms with E-state index < -0.39 is 47.3 Å². The Morgan fingerprint density at radius 2 is 1.53 bits per heavy atom. The molecule has 0 aliphatic carbocycles. The number of rotatable bonds is 33. The lowest BCUT2D eigenvalue weighted by Crippen LogP contribution is -2.48. The predicted molar refractivity (Wildman–Crippen MR) is 282 cm³/mol. The fourth-order valence-electron chi connectivity index (χ4n) is 8.54. The summed E-state index contributed by atoms with van der Waals surface area (Å²) in [6, 6.07) is 13.6. The molecule has 0 radical (unpaired) electrons. The third-order valence-electron chi connectivity index (χ3n) is 12.9. The summed E-state index contributed by atoms with van der Waals surface area (Å²) < 4.78 is 69.2. The zero-order valence-electron chi connectivity index (χ0n) is 42.9. The van der Waals surface area contributed by atoms with Crippen LogP contribution >= 0.6 is 23.5 Å². The van der Waals surface area contributed by atoms with Crippen molar-refractivity contribution in [3.05, 3.63) is 83.6 Å². The van der Waals surface area contributed by atoms with Crippen LogP contribution in [-0.4, -0.2) is 159 Å². The number of aromatic nitrogens is 1. The molecule has 424 valence electrons. The zero-order chi connectivity index (χ0) is 55.5. The van der Waals surface area contributed by atoms with Crippen LogP contribution in [0.4, 0.5) is 28.6 Å². The maximum atomic E-state index is 13.6. The molecule has 7 rings (SSSR count). The molecule has 5 heterocycles. The zero-order valence-corrected chi connectivity index (χ0v) is 44.5. The molecule has 7 amide bonds. The molecular weight excluding hydrogens is 1070 g/mol. The molecule has 3 aromatic rings. The number of fused-ring (bicyclic) bond motifs is 1. The number of benzene rings is 2. The van der Waals surface area contributed by atoms with Gasteiger partial charge in [0.1, 0.15) is 30.0 Å².